The van der Waals surface area contributed by atoms with Crippen molar-refractivity contribution in [2.75, 3.05) is 11.9 Å². The monoisotopic (exact) mass is 345 g/mol. The van der Waals surface area contributed by atoms with Gasteiger partial charge in [-0.25, -0.2) is 0 Å². The molecule has 1 N–H and O–H groups in total. The summed E-state index contributed by atoms with van der Waals surface area (Å²) in [7, 11) is 0. The lowest BCUT2D eigenvalue weighted by molar-refractivity contribution is 0.0699. The maximum absolute atomic E-state index is 12.6. The van der Waals surface area contributed by atoms with Crippen LogP contribution in [0.3, 0.4) is 0 Å². The van der Waals surface area contributed by atoms with Crippen LogP contribution >= 0.6 is 27.5 Å². The first kappa shape index (κ1) is 14.7. The van der Waals surface area contributed by atoms with Crippen LogP contribution in [0, 0.1) is 0 Å². The van der Waals surface area contributed by atoms with Crippen molar-refractivity contribution >= 4 is 33.4 Å². The van der Waals surface area contributed by atoms with Crippen LogP contribution in [0.2, 0.25) is 5.02 Å². The van der Waals surface area contributed by atoms with Gasteiger partial charge in [0.1, 0.15) is 5.75 Å². The van der Waals surface area contributed by atoms with Crippen molar-refractivity contribution in [2.24, 2.45) is 0 Å². The molecule has 1 amide bonds. The van der Waals surface area contributed by atoms with Gasteiger partial charge in [-0.2, -0.15) is 0 Å². The number of benzene rings is 1. The van der Waals surface area contributed by atoms with Gasteiger partial charge < -0.3 is 10.0 Å². The largest absolute Gasteiger partial charge is 0.507 e. The molecule has 0 radical (unpaired) electrons. The zero-order valence-electron chi connectivity index (χ0n) is 10.6. The summed E-state index contributed by atoms with van der Waals surface area (Å²) < 4.78 is 0. The summed E-state index contributed by atoms with van der Waals surface area (Å²) in [6, 6.07) is 4.84. The molecule has 0 saturated carbocycles. The number of hydrogen-bond acceptors (Lipinski definition) is 2. The lowest BCUT2D eigenvalue weighted by Gasteiger charge is -2.29. The fraction of sp³-hybridized carbons (Fsp3) is 0.500. The molecule has 1 aromatic carbocycles. The highest BCUT2D eigenvalue weighted by molar-refractivity contribution is 9.09. The summed E-state index contributed by atoms with van der Waals surface area (Å²) in [6.07, 6.45) is 4.32. The van der Waals surface area contributed by atoms with E-state index in [1.807, 2.05) is 4.90 Å². The molecule has 104 valence electrons. The molecule has 0 bridgehead atoms. The lowest BCUT2D eigenvalue weighted by atomic mass is 10.1. The van der Waals surface area contributed by atoms with Crippen LogP contribution in [0.25, 0.3) is 0 Å². The van der Waals surface area contributed by atoms with Crippen LogP contribution in [-0.4, -0.2) is 33.8 Å². The van der Waals surface area contributed by atoms with Gasteiger partial charge in [0.05, 0.1) is 5.56 Å². The number of carbonyl (C=O) groups excluding carboxylic acids is 1. The second-order valence-electron chi connectivity index (χ2n) is 4.82. The van der Waals surface area contributed by atoms with E-state index in [1.165, 1.54) is 6.07 Å². The number of aromatic hydroxyl groups is 1. The number of alkyl halides is 1. The van der Waals surface area contributed by atoms with Gasteiger partial charge in [0.15, 0.2) is 0 Å². The highest BCUT2D eigenvalue weighted by atomic mass is 79.9. The molecular formula is C14H17BrClNO2. The summed E-state index contributed by atoms with van der Waals surface area (Å²) in [5, 5.41) is 11.1. The zero-order chi connectivity index (χ0) is 13.8. The predicted octanol–water partition coefficient (Wildman–Crippen LogP) is 3.83. The van der Waals surface area contributed by atoms with Gasteiger partial charge >= 0.3 is 0 Å². The molecule has 5 heteroatoms. The third kappa shape index (κ3) is 3.42. The number of nitrogens with zero attached hydrogens (tertiary/aromatic N) is 1. The Balaban J connectivity index is 2.25. The Morgan fingerprint density at radius 3 is 2.89 bits per heavy atom. The SMILES string of the molecule is O=C(c1ccc(Cl)cc1O)N1CCCCCC1CBr. The van der Waals surface area contributed by atoms with E-state index < -0.39 is 0 Å². The lowest BCUT2D eigenvalue weighted by Crippen LogP contribution is -2.41. The maximum Gasteiger partial charge on any atom is 0.257 e. The number of carbonyl (C=O) groups is 1. The molecule has 1 aliphatic rings. The van der Waals surface area contributed by atoms with Gasteiger partial charge in [-0.05, 0) is 31.0 Å². The van der Waals surface area contributed by atoms with Crippen molar-refractivity contribution in [1.82, 2.24) is 4.90 Å². The van der Waals surface area contributed by atoms with Crippen molar-refractivity contribution in [3.05, 3.63) is 28.8 Å². The van der Waals surface area contributed by atoms with Gasteiger partial charge in [0.25, 0.3) is 5.91 Å². The summed E-state index contributed by atoms with van der Waals surface area (Å²) in [4.78, 5) is 14.4. The second-order valence-corrected chi connectivity index (χ2v) is 5.90. The molecule has 0 aliphatic carbocycles. The van der Waals surface area contributed by atoms with E-state index in [9.17, 15) is 9.90 Å². The van der Waals surface area contributed by atoms with Crippen LogP contribution in [-0.2, 0) is 0 Å². The molecular weight excluding hydrogens is 330 g/mol. The first-order chi connectivity index (χ1) is 9.13. The summed E-state index contributed by atoms with van der Waals surface area (Å²) in [5.41, 5.74) is 0.331. The smallest absolute Gasteiger partial charge is 0.257 e. The molecule has 1 heterocycles. The van der Waals surface area contributed by atoms with E-state index >= 15 is 0 Å². The minimum absolute atomic E-state index is 0.0462. The number of phenols is 1. The van der Waals surface area contributed by atoms with E-state index in [1.54, 1.807) is 12.1 Å². The molecule has 0 spiro atoms. The summed E-state index contributed by atoms with van der Waals surface area (Å²) in [5.74, 6) is -0.157. The van der Waals surface area contributed by atoms with Crippen LogP contribution in [0.4, 0.5) is 0 Å². The third-order valence-electron chi connectivity index (χ3n) is 3.51. The normalized spacial score (nSPS) is 20.1. The van der Waals surface area contributed by atoms with E-state index in [-0.39, 0.29) is 17.7 Å². The number of rotatable bonds is 2. The van der Waals surface area contributed by atoms with Crippen LogP contribution in [0.1, 0.15) is 36.0 Å². The maximum atomic E-state index is 12.6. The molecule has 1 atom stereocenters. The standard InChI is InChI=1S/C14H17BrClNO2/c15-9-11-4-2-1-3-7-17(11)14(19)12-6-5-10(16)8-13(12)18/h5-6,8,11,18H,1-4,7,9H2. The van der Waals surface area contributed by atoms with E-state index in [0.29, 0.717) is 10.6 Å². The first-order valence-corrected chi connectivity index (χ1v) is 7.99. The molecule has 0 aromatic heterocycles. The minimum atomic E-state index is -0.111. The summed E-state index contributed by atoms with van der Waals surface area (Å²) in [6.45, 7) is 0.747. The Bertz CT molecular complexity index is 467. The van der Waals surface area contributed by atoms with Gasteiger partial charge in [-0.1, -0.05) is 40.4 Å². The van der Waals surface area contributed by atoms with Crippen molar-refractivity contribution < 1.29 is 9.90 Å². The van der Waals surface area contributed by atoms with Crippen molar-refractivity contribution in [2.45, 2.75) is 31.7 Å². The molecule has 1 aliphatic heterocycles. The number of likely N-dealkylation sites (tertiary alicyclic amines) is 1. The van der Waals surface area contributed by atoms with Gasteiger partial charge in [0.2, 0.25) is 0 Å². The van der Waals surface area contributed by atoms with Crippen molar-refractivity contribution in [3.63, 3.8) is 0 Å². The van der Waals surface area contributed by atoms with E-state index in [4.69, 9.17) is 11.6 Å². The minimum Gasteiger partial charge on any atom is -0.507 e. The number of phenolic OH excluding ortho intramolecular Hbond substituents is 1. The predicted molar refractivity (Wildman–Crippen MR) is 80.2 cm³/mol. The van der Waals surface area contributed by atoms with Gasteiger partial charge in [0, 0.05) is 22.9 Å². The zero-order valence-corrected chi connectivity index (χ0v) is 13.0. The molecule has 2 rings (SSSR count). The second kappa shape index (κ2) is 6.62. The van der Waals surface area contributed by atoms with E-state index in [0.717, 1.165) is 37.6 Å². The highest BCUT2D eigenvalue weighted by Gasteiger charge is 2.26. The van der Waals surface area contributed by atoms with Crippen LogP contribution < -0.4 is 0 Å². The van der Waals surface area contributed by atoms with Crippen molar-refractivity contribution in [3.8, 4) is 5.75 Å². The molecule has 19 heavy (non-hydrogen) atoms. The highest BCUT2D eigenvalue weighted by Crippen LogP contribution is 2.26. The fourth-order valence-corrected chi connectivity index (χ4v) is 3.29. The van der Waals surface area contributed by atoms with Crippen LogP contribution in [0.5, 0.6) is 5.75 Å². The average Bonchev–Trinajstić information content (AvgIpc) is 2.63. The Morgan fingerprint density at radius 1 is 1.42 bits per heavy atom. The first-order valence-electron chi connectivity index (χ1n) is 6.49. The van der Waals surface area contributed by atoms with Crippen LogP contribution in [0.15, 0.2) is 18.2 Å². The quantitative estimate of drug-likeness (QED) is 0.827. The Labute approximate surface area is 126 Å². The van der Waals surface area contributed by atoms with Crippen molar-refractivity contribution in [1.29, 1.82) is 0 Å². The molecule has 1 aromatic rings. The van der Waals surface area contributed by atoms with E-state index in [2.05, 4.69) is 15.9 Å². The van der Waals surface area contributed by atoms with Gasteiger partial charge in [-0.3, -0.25) is 4.79 Å². The average molecular weight is 347 g/mol. The molecule has 1 fully saturated rings. The Morgan fingerprint density at radius 2 is 2.21 bits per heavy atom. The molecule has 1 unspecified atom stereocenters. The molecule has 3 nitrogen and oxygen atoms in total. The Kier molecular flexibility index (Phi) is 5.11. The summed E-state index contributed by atoms with van der Waals surface area (Å²) >= 11 is 9.28. The molecule has 1 saturated heterocycles. The third-order valence-corrected chi connectivity index (χ3v) is 4.49. The number of amides is 1. The topological polar surface area (TPSA) is 40.5 Å². The van der Waals surface area contributed by atoms with Gasteiger partial charge in [-0.15, -0.1) is 0 Å². The fourth-order valence-electron chi connectivity index (χ4n) is 2.45. The number of hydrogen-bond donors (Lipinski definition) is 1. The Hall–Kier alpha value is -0.740. The number of halogens is 2.